The summed E-state index contributed by atoms with van der Waals surface area (Å²) in [5, 5.41) is 0. The third kappa shape index (κ3) is 0.646. The number of sulfonamides is 1. The van der Waals surface area contributed by atoms with E-state index in [4.69, 9.17) is 0 Å². The molecule has 0 N–H and O–H groups in total. The molecule has 1 heterocycles. The molecule has 0 saturated heterocycles. The molecule has 0 spiro atoms. The molecule has 58 valence electrons. The Bertz CT molecular complexity index is 397. The van der Waals surface area contributed by atoms with E-state index in [9.17, 15) is 8.42 Å². The van der Waals surface area contributed by atoms with Crippen LogP contribution in [0.25, 0.3) is 0 Å². The average Bonchev–Trinajstić information content (AvgIpc) is 2.04. The van der Waals surface area contributed by atoms with Crippen LogP contribution in [0.2, 0.25) is 0 Å². The van der Waals surface area contributed by atoms with Gasteiger partial charge >= 0.3 is 0 Å². The second kappa shape index (κ2) is 1.76. The molecule has 0 unspecified atom stereocenters. The van der Waals surface area contributed by atoms with Crippen LogP contribution in [-0.2, 0) is 10.0 Å². The van der Waals surface area contributed by atoms with Crippen molar-refractivity contribution in [3.05, 3.63) is 24.3 Å². The Hall–Kier alpha value is -1.03. The van der Waals surface area contributed by atoms with Crippen LogP contribution < -0.4 is 4.31 Å². The Morgan fingerprint density at radius 2 is 1.91 bits per heavy atom. The molecule has 0 aliphatic carbocycles. The molecule has 0 aromatic heterocycles. The summed E-state index contributed by atoms with van der Waals surface area (Å²) in [5.74, 6) is 0. The third-order valence-electron chi connectivity index (χ3n) is 1.84. The van der Waals surface area contributed by atoms with Gasteiger partial charge in [-0.25, -0.2) is 8.42 Å². The zero-order valence-corrected chi connectivity index (χ0v) is 6.80. The van der Waals surface area contributed by atoms with Crippen molar-refractivity contribution < 1.29 is 8.42 Å². The molecule has 1 aliphatic heterocycles. The predicted octanol–water partition coefficient (Wildman–Crippen LogP) is 0.825. The van der Waals surface area contributed by atoms with Gasteiger partial charge in [-0.1, -0.05) is 12.1 Å². The Labute approximate surface area is 65.3 Å². The number of hydrogen-bond donors (Lipinski definition) is 0. The summed E-state index contributed by atoms with van der Waals surface area (Å²) in [4.78, 5) is 0.433. The topological polar surface area (TPSA) is 37.4 Å². The zero-order valence-electron chi connectivity index (χ0n) is 5.98. The van der Waals surface area contributed by atoms with Gasteiger partial charge in [0, 0.05) is 7.05 Å². The van der Waals surface area contributed by atoms with E-state index in [1.54, 1.807) is 25.2 Å². The van der Waals surface area contributed by atoms with Crippen molar-refractivity contribution in [1.82, 2.24) is 0 Å². The summed E-state index contributed by atoms with van der Waals surface area (Å²) in [6, 6.07) is 6.95. The highest BCUT2D eigenvalue weighted by Crippen LogP contribution is 2.37. The van der Waals surface area contributed by atoms with Gasteiger partial charge in [-0.05, 0) is 12.1 Å². The van der Waals surface area contributed by atoms with Crippen LogP contribution >= 0.6 is 0 Å². The molecule has 1 aromatic carbocycles. The zero-order chi connectivity index (χ0) is 8.06. The first-order chi connectivity index (χ1) is 5.14. The minimum Gasteiger partial charge on any atom is -0.268 e. The molecular weight excluding hydrogens is 162 g/mol. The maximum Gasteiger partial charge on any atom is 0.266 e. The average molecular weight is 169 g/mol. The van der Waals surface area contributed by atoms with Gasteiger partial charge in [-0.2, -0.15) is 0 Å². The van der Waals surface area contributed by atoms with Crippen molar-refractivity contribution in [2.75, 3.05) is 11.4 Å². The number of rotatable bonds is 0. The first-order valence-electron chi connectivity index (χ1n) is 3.22. The number of anilines is 1. The predicted molar refractivity (Wildman–Crippen MR) is 42.0 cm³/mol. The monoisotopic (exact) mass is 169 g/mol. The van der Waals surface area contributed by atoms with Crippen LogP contribution in [0, 0.1) is 0 Å². The Morgan fingerprint density at radius 1 is 1.27 bits per heavy atom. The number of fused-ring (bicyclic) bond motifs is 1. The fourth-order valence-corrected chi connectivity index (χ4v) is 2.47. The van der Waals surface area contributed by atoms with E-state index in [1.165, 1.54) is 4.31 Å². The fraction of sp³-hybridized carbons (Fsp3) is 0.143. The van der Waals surface area contributed by atoms with Gasteiger partial charge in [0.05, 0.1) is 5.69 Å². The molecule has 0 amide bonds. The van der Waals surface area contributed by atoms with Crippen molar-refractivity contribution in [2.24, 2.45) is 0 Å². The number of hydrogen-bond acceptors (Lipinski definition) is 2. The fourth-order valence-electron chi connectivity index (χ4n) is 1.17. The first-order valence-corrected chi connectivity index (χ1v) is 4.66. The van der Waals surface area contributed by atoms with Crippen LogP contribution in [0.1, 0.15) is 0 Å². The van der Waals surface area contributed by atoms with E-state index in [0.29, 0.717) is 4.90 Å². The van der Waals surface area contributed by atoms with Crippen molar-refractivity contribution in [2.45, 2.75) is 4.90 Å². The highest BCUT2D eigenvalue weighted by Gasteiger charge is 2.35. The van der Waals surface area contributed by atoms with Gasteiger partial charge in [0.15, 0.2) is 0 Å². The van der Waals surface area contributed by atoms with Crippen LogP contribution in [-0.4, -0.2) is 15.5 Å². The maximum absolute atomic E-state index is 11.2. The standard InChI is InChI=1S/C7H7NO2S/c1-8-6-4-2-3-5-7(6)11(8,9)10/h2-5H,1H3. The Kier molecular flexibility index (Phi) is 1.07. The molecule has 0 radical (unpaired) electrons. The van der Waals surface area contributed by atoms with Crippen LogP contribution in [0.4, 0.5) is 5.69 Å². The lowest BCUT2D eigenvalue weighted by molar-refractivity contribution is 0.587. The van der Waals surface area contributed by atoms with E-state index < -0.39 is 10.0 Å². The van der Waals surface area contributed by atoms with E-state index >= 15 is 0 Å². The Morgan fingerprint density at radius 3 is 2.55 bits per heavy atom. The number of para-hydroxylation sites is 1. The molecule has 4 heteroatoms. The van der Waals surface area contributed by atoms with E-state index in [1.807, 2.05) is 6.07 Å². The normalized spacial score (nSPS) is 18.8. The molecule has 1 aliphatic rings. The van der Waals surface area contributed by atoms with Crippen molar-refractivity contribution in [3.63, 3.8) is 0 Å². The van der Waals surface area contributed by atoms with E-state index in [-0.39, 0.29) is 0 Å². The van der Waals surface area contributed by atoms with Gasteiger partial charge in [0.25, 0.3) is 10.0 Å². The van der Waals surface area contributed by atoms with Crippen LogP contribution in [0.5, 0.6) is 0 Å². The molecule has 2 rings (SSSR count). The summed E-state index contributed by atoms with van der Waals surface area (Å²) in [6.07, 6.45) is 0. The maximum atomic E-state index is 11.2. The summed E-state index contributed by atoms with van der Waals surface area (Å²) in [5.41, 5.74) is 0.785. The molecular formula is C7H7NO2S. The van der Waals surface area contributed by atoms with Crippen molar-refractivity contribution >= 4 is 15.7 Å². The second-order valence-corrected chi connectivity index (χ2v) is 4.38. The van der Waals surface area contributed by atoms with Gasteiger partial charge in [0.1, 0.15) is 4.90 Å². The molecule has 11 heavy (non-hydrogen) atoms. The van der Waals surface area contributed by atoms with E-state index in [2.05, 4.69) is 0 Å². The van der Waals surface area contributed by atoms with Crippen LogP contribution in [0.15, 0.2) is 29.2 Å². The second-order valence-electron chi connectivity index (χ2n) is 2.44. The third-order valence-corrected chi connectivity index (χ3v) is 3.66. The quantitative estimate of drug-likeness (QED) is 0.576. The minimum absolute atomic E-state index is 0.433. The molecule has 0 fully saturated rings. The van der Waals surface area contributed by atoms with Gasteiger partial charge < -0.3 is 0 Å². The van der Waals surface area contributed by atoms with Crippen LogP contribution in [0.3, 0.4) is 0 Å². The minimum atomic E-state index is -3.09. The lowest BCUT2D eigenvalue weighted by Crippen LogP contribution is -2.36. The van der Waals surface area contributed by atoms with E-state index in [0.717, 1.165) is 5.69 Å². The summed E-state index contributed by atoms with van der Waals surface area (Å²) >= 11 is 0. The molecule has 0 saturated carbocycles. The Balaban J connectivity index is 2.75. The lowest BCUT2D eigenvalue weighted by atomic mass is 10.3. The molecule has 0 bridgehead atoms. The SMILES string of the molecule is CN1c2ccccc2S1(=O)=O. The van der Waals surface area contributed by atoms with Gasteiger partial charge in [0.2, 0.25) is 0 Å². The van der Waals surface area contributed by atoms with Gasteiger partial charge in [-0.3, -0.25) is 4.31 Å². The van der Waals surface area contributed by atoms with Crippen molar-refractivity contribution in [1.29, 1.82) is 0 Å². The highest BCUT2D eigenvalue weighted by atomic mass is 32.2. The summed E-state index contributed by atoms with van der Waals surface area (Å²) < 4.78 is 23.6. The largest absolute Gasteiger partial charge is 0.268 e. The smallest absolute Gasteiger partial charge is 0.266 e. The summed E-state index contributed by atoms with van der Waals surface area (Å²) in [6.45, 7) is 0. The highest BCUT2D eigenvalue weighted by molar-refractivity contribution is 7.94. The first kappa shape index (κ1) is 6.67. The van der Waals surface area contributed by atoms with Gasteiger partial charge in [-0.15, -0.1) is 0 Å². The number of nitrogens with zero attached hydrogens (tertiary/aromatic N) is 1. The summed E-state index contributed by atoms with van der Waals surface area (Å²) in [7, 11) is -1.53. The molecule has 3 nitrogen and oxygen atoms in total. The molecule has 0 atom stereocenters. The molecule has 1 aromatic rings. The lowest BCUT2D eigenvalue weighted by Gasteiger charge is -2.30. The van der Waals surface area contributed by atoms with Crippen molar-refractivity contribution in [3.8, 4) is 0 Å². The number of benzene rings is 1.